The lowest BCUT2D eigenvalue weighted by molar-refractivity contribution is -0.110. The van der Waals surface area contributed by atoms with Crippen molar-refractivity contribution < 1.29 is 9.90 Å². The Labute approximate surface area is 105 Å². The summed E-state index contributed by atoms with van der Waals surface area (Å²) in [4.78, 5) is 17.5. The molecule has 0 spiro atoms. The van der Waals surface area contributed by atoms with Crippen LogP contribution in [0.5, 0.6) is 0 Å². The summed E-state index contributed by atoms with van der Waals surface area (Å²) in [5.41, 5.74) is -0.234. The van der Waals surface area contributed by atoms with Crippen LogP contribution in [0.3, 0.4) is 0 Å². The number of rotatable bonds is 2. The van der Waals surface area contributed by atoms with Gasteiger partial charge >= 0.3 is 0 Å². The number of amides is 1. The van der Waals surface area contributed by atoms with Gasteiger partial charge in [-0.05, 0) is 18.1 Å². The van der Waals surface area contributed by atoms with E-state index in [9.17, 15) is 9.90 Å². The predicted molar refractivity (Wildman–Crippen MR) is 64.9 cm³/mol. The van der Waals surface area contributed by atoms with Gasteiger partial charge in [0.2, 0.25) is 0 Å². The second kappa shape index (κ2) is 4.27. The van der Waals surface area contributed by atoms with Gasteiger partial charge in [-0.15, -0.1) is 0 Å². The molecule has 1 aliphatic heterocycles. The summed E-state index contributed by atoms with van der Waals surface area (Å²) in [6.45, 7) is 4.66. The highest BCUT2D eigenvalue weighted by Gasteiger charge is 2.45. The molecule has 0 aliphatic carbocycles. The van der Waals surface area contributed by atoms with E-state index in [-0.39, 0.29) is 11.8 Å². The van der Waals surface area contributed by atoms with Crippen molar-refractivity contribution in [2.75, 3.05) is 13.1 Å². The van der Waals surface area contributed by atoms with E-state index in [2.05, 4.69) is 4.98 Å². The van der Waals surface area contributed by atoms with Crippen molar-refractivity contribution in [3.05, 3.63) is 29.0 Å². The summed E-state index contributed by atoms with van der Waals surface area (Å²) in [6.07, 6.45) is 1.50. The maximum atomic E-state index is 12.0. The Morgan fingerprint density at radius 1 is 1.59 bits per heavy atom. The number of halogens is 1. The summed E-state index contributed by atoms with van der Waals surface area (Å²) >= 11 is 5.73. The van der Waals surface area contributed by atoms with Crippen LogP contribution in [0.25, 0.3) is 0 Å². The Bertz CT molecular complexity index is 442. The molecule has 17 heavy (non-hydrogen) atoms. The second-order valence-electron chi connectivity index (χ2n) is 4.79. The van der Waals surface area contributed by atoms with Gasteiger partial charge in [0, 0.05) is 11.8 Å². The standard InChI is InChI=1S/C12H15ClN2O2/c1-8(2)12(17)6-15(7-12)11(16)9-3-4-14-10(13)5-9/h3-5,8,17H,6-7H2,1-2H3. The van der Waals surface area contributed by atoms with Crippen molar-refractivity contribution in [2.24, 2.45) is 5.92 Å². The van der Waals surface area contributed by atoms with Crippen LogP contribution in [0, 0.1) is 5.92 Å². The first-order valence-corrected chi connectivity index (χ1v) is 5.93. The lowest BCUT2D eigenvalue weighted by atomic mass is 9.82. The molecule has 0 unspecified atom stereocenters. The van der Waals surface area contributed by atoms with Crippen LogP contribution in [0.1, 0.15) is 24.2 Å². The second-order valence-corrected chi connectivity index (χ2v) is 5.17. The van der Waals surface area contributed by atoms with Crippen molar-refractivity contribution in [3.8, 4) is 0 Å². The van der Waals surface area contributed by atoms with Crippen molar-refractivity contribution in [2.45, 2.75) is 19.4 Å². The fraction of sp³-hybridized carbons (Fsp3) is 0.500. The van der Waals surface area contributed by atoms with E-state index in [4.69, 9.17) is 11.6 Å². The van der Waals surface area contributed by atoms with E-state index < -0.39 is 5.60 Å². The zero-order valence-corrected chi connectivity index (χ0v) is 10.6. The molecule has 5 heteroatoms. The molecule has 2 heterocycles. The van der Waals surface area contributed by atoms with Crippen LogP contribution in [0.2, 0.25) is 5.15 Å². The maximum absolute atomic E-state index is 12.0. The molecule has 4 nitrogen and oxygen atoms in total. The van der Waals surface area contributed by atoms with Crippen LogP contribution in [-0.4, -0.2) is 39.6 Å². The molecule has 0 atom stereocenters. The number of hydrogen-bond acceptors (Lipinski definition) is 3. The van der Waals surface area contributed by atoms with Gasteiger partial charge in [-0.2, -0.15) is 0 Å². The number of carbonyl (C=O) groups excluding carboxylic acids is 1. The fourth-order valence-electron chi connectivity index (χ4n) is 1.84. The summed E-state index contributed by atoms with van der Waals surface area (Å²) in [5, 5.41) is 10.4. The number of likely N-dealkylation sites (tertiary alicyclic amines) is 1. The van der Waals surface area contributed by atoms with Crippen LogP contribution in [0.4, 0.5) is 0 Å². The number of pyridine rings is 1. The topological polar surface area (TPSA) is 53.4 Å². The Kier molecular flexibility index (Phi) is 3.10. The quantitative estimate of drug-likeness (QED) is 0.816. The van der Waals surface area contributed by atoms with E-state index in [0.29, 0.717) is 23.8 Å². The molecule has 1 amide bonds. The molecule has 1 aliphatic rings. The highest BCUT2D eigenvalue weighted by atomic mass is 35.5. The Hall–Kier alpha value is -1.13. The zero-order chi connectivity index (χ0) is 12.6. The van der Waals surface area contributed by atoms with Gasteiger partial charge in [0.25, 0.3) is 5.91 Å². The first kappa shape index (κ1) is 12.3. The number of hydrogen-bond donors (Lipinski definition) is 1. The molecule has 1 saturated heterocycles. The highest BCUT2D eigenvalue weighted by Crippen LogP contribution is 2.29. The van der Waals surface area contributed by atoms with Crippen molar-refractivity contribution in [1.29, 1.82) is 0 Å². The number of nitrogens with zero attached hydrogens (tertiary/aromatic N) is 2. The predicted octanol–water partition coefficient (Wildman–Crippen LogP) is 1.58. The zero-order valence-electron chi connectivity index (χ0n) is 9.85. The Balaban J connectivity index is 2.05. The van der Waals surface area contributed by atoms with E-state index in [0.717, 1.165) is 0 Å². The monoisotopic (exact) mass is 254 g/mol. The molecule has 2 rings (SSSR count). The average molecular weight is 255 g/mol. The third kappa shape index (κ3) is 2.28. The normalized spacial score (nSPS) is 18.1. The van der Waals surface area contributed by atoms with Gasteiger partial charge in [-0.25, -0.2) is 4.98 Å². The van der Waals surface area contributed by atoms with Crippen LogP contribution in [-0.2, 0) is 0 Å². The third-order valence-electron chi connectivity index (χ3n) is 3.26. The van der Waals surface area contributed by atoms with Crippen molar-refractivity contribution >= 4 is 17.5 Å². The minimum atomic E-state index is -0.744. The minimum absolute atomic E-state index is 0.111. The summed E-state index contributed by atoms with van der Waals surface area (Å²) in [7, 11) is 0. The summed E-state index contributed by atoms with van der Waals surface area (Å²) in [6, 6.07) is 3.16. The van der Waals surface area contributed by atoms with Gasteiger partial charge in [0.05, 0.1) is 13.1 Å². The van der Waals surface area contributed by atoms with Gasteiger partial charge in [0.15, 0.2) is 0 Å². The summed E-state index contributed by atoms with van der Waals surface area (Å²) in [5.74, 6) is 0.0344. The number of β-amino-alcohol motifs (C(OH)–C–C–N with tert-alkyl or cyclic N) is 1. The molecular weight excluding hydrogens is 240 g/mol. The molecule has 0 saturated carbocycles. The van der Waals surface area contributed by atoms with Crippen LogP contribution < -0.4 is 0 Å². The molecule has 0 aromatic carbocycles. The SMILES string of the molecule is CC(C)C1(O)CN(C(=O)c2ccnc(Cl)c2)C1. The van der Waals surface area contributed by atoms with Crippen molar-refractivity contribution in [1.82, 2.24) is 9.88 Å². The molecule has 0 radical (unpaired) electrons. The van der Waals surface area contributed by atoms with E-state index in [1.807, 2.05) is 13.8 Å². The maximum Gasteiger partial charge on any atom is 0.254 e. The molecule has 92 valence electrons. The highest BCUT2D eigenvalue weighted by molar-refractivity contribution is 6.29. The van der Waals surface area contributed by atoms with E-state index in [1.165, 1.54) is 12.3 Å². The number of aliphatic hydroxyl groups is 1. The minimum Gasteiger partial charge on any atom is -0.386 e. The lowest BCUT2D eigenvalue weighted by Crippen LogP contribution is -2.65. The van der Waals surface area contributed by atoms with Gasteiger partial charge < -0.3 is 10.0 Å². The van der Waals surface area contributed by atoms with Crippen LogP contribution in [0.15, 0.2) is 18.3 Å². The third-order valence-corrected chi connectivity index (χ3v) is 3.47. The number of carbonyl (C=O) groups is 1. The summed E-state index contributed by atoms with van der Waals surface area (Å²) < 4.78 is 0. The molecule has 1 aromatic rings. The largest absolute Gasteiger partial charge is 0.386 e. The first-order valence-electron chi connectivity index (χ1n) is 5.55. The molecular formula is C12H15ClN2O2. The van der Waals surface area contributed by atoms with E-state index >= 15 is 0 Å². The fourth-order valence-corrected chi connectivity index (χ4v) is 2.02. The van der Waals surface area contributed by atoms with E-state index in [1.54, 1.807) is 11.0 Å². The first-order chi connectivity index (χ1) is 7.92. The molecule has 0 bridgehead atoms. The Morgan fingerprint density at radius 2 is 2.24 bits per heavy atom. The number of aromatic nitrogens is 1. The molecule has 1 fully saturated rings. The van der Waals surface area contributed by atoms with Crippen LogP contribution >= 0.6 is 11.6 Å². The lowest BCUT2D eigenvalue weighted by Gasteiger charge is -2.49. The Morgan fingerprint density at radius 3 is 2.76 bits per heavy atom. The van der Waals surface area contributed by atoms with Gasteiger partial charge in [0.1, 0.15) is 10.8 Å². The molecule has 1 N–H and O–H groups in total. The van der Waals surface area contributed by atoms with Crippen molar-refractivity contribution in [3.63, 3.8) is 0 Å². The average Bonchev–Trinajstić information content (AvgIpc) is 2.23. The molecule has 1 aromatic heterocycles. The smallest absolute Gasteiger partial charge is 0.254 e. The van der Waals surface area contributed by atoms with Gasteiger partial charge in [-0.1, -0.05) is 25.4 Å². The van der Waals surface area contributed by atoms with Gasteiger partial charge in [-0.3, -0.25) is 4.79 Å².